The minimum absolute atomic E-state index is 0.0381. The molecule has 0 bridgehead atoms. The van der Waals surface area contributed by atoms with Crippen LogP contribution in [0.15, 0.2) is 29.7 Å². The van der Waals surface area contributed by atoms with E-state index in [-0.39, 0.29) is 23.7 Å². The number of hydrogen-bond acceptors (Lipinski definition) is 4. The first-order valence-electron chi connectivity index (χ1n) is 8.03. The number of imide groups is 1. The molecule has 3 aliphatic rings. The molecule has 3 heterocycles. The maximum atomic E-state index is 12.6. The van der Waals surface area contributed by atoms with Crippen molar-refractivity contribution in [2.24, 2.45) is 11.8 Å². The van der Waals surface area contributed by atoms with Crippen LogP contribution in [0.2, 0.25) is 0 Å². The number of amides is 2. The van der Waals surface area contributed by atoms with Gasteiger partial charge in [-0.2, -0.15) is 0 Å². The van der Waals surface area contributed by atoms with Gasteiger partial charge in [0.15, 0.2) is 0 Å². The van der Waals surface area contributed by atoms with E-state index in [2.05, 4.69) is 22.4 Å². The van der Waals surface area contributed by atoms with Crippen molar-refractivity contribution in [3.8, 4) is 0 Å². The number of carbonyl (C=O) groups excluding carboxylic acids is 2. The highest BCUT2D eigenvalue weighted by Gasteiger charge is 2.48. The van der Waals surface area contributed by atoms with Gasteiger partial charge in [-0.25, -0.2) is 0 Å². The van der Waals surface area contributed by atoms with Gasteiger partial charge in [-0.1, -0.05) is 18.2 Å². The second-order valence-corrected chi connectivity index (χ2v) is 7.37. The summed E-state index contributed by atoms with van der Waals surface area (Å²) in [5.41, 5.74) is 0. The van der Waals surface area contributed by atoms with E-state index in [1.807, 2.05) is 12.2 Å². The van der Waals surface area contributed by atoms with Crippen LogP contribution in [-0.4, -0.2) is 34.8 Å². The van der Waals surface area contributed by atoms with Gasteiger partial charge in [-0.05, 0) is 37.1 Å². The Labute approximate surface area is 134 Å². The molecule has 2 amide bonds. The van der Waals surface area contributed by atoms with E-state index in [4.69, 9.17) is 0 Å². The van der Waals surface area contributed by atoms with Crippen molar-refractivity contribution >= 4 is 23.2 Å². The van der Waals surface area contributed by atoms with Gasteiger partial charge in [0, 0.05) is 17.5 Å². The molecule has 0 spiro atoms. The number of carbonyl (C=O) groups is 2. The first-order chi connectivity index (χ1) is 10.8. The summed E-state index contributed by atoms with van der Waals surface area (Å²) in [6.45, 7) is 1.43. The summed E-state index contributed by atoms with van der Waals surface area (Å²) in [6.07, 6.45) is 7.78. The molecule has 22 heavy (non-hydrogen) atoms. The highest BCUT2D eigenvalue weighted by molar-refractivity contribution is 7.10. The molecule has 3 atom stereocenters. The Hall–Kier alpha value is -1.46. The SMILES string of the molecule is O=C1[C@H]2CC=CC[C@H]2C(=O)N1CN1CCC[C@@H]1c1cccs1. The topological polar surface area (TPSA) is 40.6 Å². The number of likely N-dealkylation sites (tertiary alicyclic amines) is 2. The monoisotopic (exact) mass is 316 g/mol. The van der Waals surface area contributed by atoms with E-state index in [1.54, 1.807) is 11.3 Å². The maximum absolute atomic E-state index is 12.6. The van der Waals surface area contributed by atoms with Crippen LogP contribution < -0.4 is 0 Å². The molecule has 0 unspecified atom stereocenters. The Bertz CT molecular complexity index is 584. The van der Waals surface area contributed by atoms with E-state index in [9.17, 15) is 9.59 Å². The van der Waals surface area contributed by atoms with Gasteiger partial charge >= 0.3 is 0 Å². The normalized spacial score (nSPS) is 32.0. The van der Waals surface area contributed by atoms with Crippen molar-refractivity contribution in [1.82, 2.24) is 9.80 Å². The lowest BCUT2D eigenvalue weighted by Crippen LogP contribution is -2.41. The van der Waals surface area contributed by atoms with Crippen molar-refractivity contribution in [1.29, 1.82) is 0 Å². The number of rotatable bonds is 3. The number of nitrogens with zero attached hydrogens (tertiary/aromatic N) is 2. The third-order valence-electron chi connectivity index (χ3n) is 5.16. The lowest BCUT2D eigenvalue weighted by atomic mass is 9.85. The molecular weight excluding hydrogens is 296 g/mol. The van der Waals surface area contributed by atoms with Crippen LogP contribution in [0.4, 0.5) is 0 Å². The minimum atomic E-state index is -0.111. The lowest BCUT2D eigenvalue weighted by Gasteiger charge is -2.28. The third-order valence-corrected chi connectivity index (χ3v) is 6.13. The zero-order chi connectivity index (χ0) is 15.1. The van der Waals surface area contributed by atoms with Gasteiger partial charge in [-0.15, -0.1) is 11.3 Å². The fourth-order valence-corrected chi connectivity index (χ4v) is 4.88. The fraction of sp³-hybridized carbons (Fsp3) is 0.529. The van der Waals surface area contributed by atoms with Crippen molar-refractivity contribution in [3.63, 3.8) is 0 Å². The van der Waals surface area contributed by atoms with Gasteiger partial charge in [-0.3, -0.25) is 19.4 Å². The van der Waals surface area contributed by atoms with E-state index in [0.29, 0.717) is 12.7 Å². The molecule has 5 heteroatoms. The Morgan fingerprint density at radius 3 is 2.50 bits per heavy atom. The molecule has 2 aliphatic heterocycles. The molecule has 1 aromatic heterocycles. The largest absolute Gasteiger partial charge is 0.278 e. The van der Waals surface area contributed by atoms with Crippen LogP contribution >= 0.6 is 11.3 Å². The molecule has 0 aromatic carbocycles. The first kappa shape index (κ1) is 14.2. The van der Waals surface area contributed by atoms with Gasteiger partial charge in [0.2, 0.25) is 11.8 Å². The highest BCUT2D eigenvalue weighted by atomic mass is 32.1. The van der Waals surface area contributed by atoms with Crippen LogP contribution in [0.5, 0.6) is 0 Å². The number of thiophene rings is 1. The summed E-state index contributed by atoms with van der Waals surface area (Å²) in [6, 6.07) is 4.59. The van der Waals surface area contributed by atoms with E-state index in [1.165, 1.54) is 9.78 Å². The number of hydrogen-bond donors (Lipinski definition) is 0. The molecule has 1 aliphatic carbocycles. The lowest BCUT2D eigenvalue weighted by molar-refractivity contribution is -0.142. The highest BCUT2D eigenvalue weighted by Crippen LogP contribution is 2.38. The van der Waals surface area contributed by atoms with Gasteiger partial charge < -0.3 is 0 Å². The van der Waals surface area contributed by atoms with Crippen molar-refractivity contribution in [2.75, 3.05) is 13.2 Å². The Kier molecular flexibility index (Phi) is 3.62. The molecule has 1 aromatic rings. The second kappa shape index (κ2) is 5.63. The molecule has 116 valence electrons. The predicted octanol–water partition coefficient (Wildman–Crippen LogP) is 2.79. The van der Waals surface area contributed by atoms with Crippen LogP contribution in [0.1, 0.15) is 36.6 Å². The Morgan fingerprint density at radius 2 is 1.86 bits per heavy atom. The van der Waals surface area contributed by atoms with Crippen molar-refractivity contribution in [3.05, 3.63) is 34.5 Å². The first-order valence-corrected chi connectivity index (χ1v) is 8.91. The molecule has 2 saturated heterocycles. The van der Waals surface area contributed by atoms with Crippen LogP contribution in [0.25, 0.3) is 0 Å². The average Bonchev–Trinajstić information content (AvgIpc) is 3.25. The summed E-state index contributed by atoms with van der Waals surface area (Å²) in [5, 5.41) is 2.10. The van der Waals surface area contributed by atoms with Crippen LogP contribution in [0.3, 0.4) is 0 Å². The summed E-state index contributed by atoms with van der Waals surface area (Å²) in [7, 11) is 0. The molecule has 4 nitrogen and oxygen atoms in total. The maximum Gasteiger partial charge on any atom is 0.234 e. The molecule has 0 radical (unpaired) electrons. The molecular formula is C17H20N2O2S. The zero-order valence-corrected chi connectivity index (χ0v) is 13.3. The second-order valence-electron chi connectivity index (χ2n) is 6.39. The quantitative estimate of drug-likeness (QED) is 0.636. The van der Waals surface area contributed by atoms with Crippen molar-refractivity contribution < 1.29 is 9.59 Å². The van der Waals surface area contributed by atoms with Gasteiger partial charge in [0.05, 0.1) is 18.5 Å². The fourth-order valence-electron chi connectivity index (χ4n) is 3.99. The minimum Gasteiger partial charge on any atom is -0.278 e. The number of allylic oxidation sites excluding steroid dienone is 2. The summed E-state index contributed by atoms with van der Waals surface area (Å²) in [4.78, 5) is 30.3. The van der Waals surface area contributed by atoms with E-state index >= 15 is 0 Å². The zero-order valence-electron chi connectivity index (χ0n) is 12.5. The molecule has 4 rings (SSSR count). The summed E-state index contributed by atoms with van der Waals surface area (Å²) >= 11 is 1.76. The van der Waals surface area contributed by atoms with Crippen LogP contribution in [-0.2, 0) is 9.59 Å². The van der Waals surface area contributed by atoms with E-state index < -0.39 is 0 Å². The molecule has 0 N–H and O–H groups in total. The summed E-state index contributed by atoms with van der Waals surface area (Å²) in [5.74, 6) is -0.145. The Balaban J connectivity index is 1.51. The molecule has 0 saturated carbocycles. The average molecular weight is 316 g/mol. The summed E-state index contributed by atoms with van der Waals surface area (Å²) < 4.78 is 0. The smallest absolute Gasteiger partial charge is 0.234 e. The third kappa shape index (κ3) is 2.23. The number of fused-ring (bicyclic) bond motifs is 1. The Morgan fingerprint density at radius 1 is 1.14 bits per heavy atom. The standard InChI is InChI=1S/C17H20N2O2S/c20-16-12-5-1-2-6-13(12)17(21)19(16)11-18-9-3-7-14(18)15-8-4-10-22-15/h1-2,4,8,10,12-14H,3,5-7,9,11H2/t12-,13+,14-/m1/s1. The molecule has 2 fully saturated rings. The van der Waals surface area contributed by atoms with E-state index in [0.717, 1.165) is 32.2 Å². The van der Waals surface area contributed by atoms with Gasteiger partial charge in [0.1, 0.15) is 0 Å². The van der Waals surface area contributed by atoms with Crippen LogP contribution in [0, 0.1) is 11.8 Å². The van der Waals surface area contributed by atoms with Crippen molar-refractivity contribution in [2.45, 2.75) is 31.7 Å². The predicted molar refractivity (Wildman–Crippen MR) is 85.1 cm³/mol. The van der Waals surface area contributed by atoms with Gasteiger partial charge in [0.25, 0.3) is 0 Å².